The largest absolute Gasteiger partial charge is 0.489 e. The highest BCUT2D eigenvalue weighted by atomic mass is 35.5. The molecule has 0 saturated carbocycles. The summed E-state index contributed by atoms with van der Waals surface area (Å²) >= 11 is 18.0. The van der Waals surface area contributed by atoms with Crippen LogP contribution >= 0.6 is 34.8 Å². The minimum absolute atomic E-state index is 0.115. The summed E-state index contributed by atoms with van der Waals surface area (Å²) in [7, 11) is 0. The van der Waals surface area contributed by atoms with E-state index >= 15 is 0 Å². The van der Waals surface area contributed by atoms with Gasteiger partial charge in [-0.05, 0) is 42.0 Å². The Morgan fingerprint density at radius 1 is 0.857 bits per heavy atom. The van der Waals surface area contributed by atoms with E-state index in [1.54, 1.807) is 54.6 Å². The van der Waals surface area contributed by atoms with E-state index < -0.39 is 0 Å². The van der Waals surface area contributed by atoms with E-state index in [4.69, 9.17) is 44.0 Å². The van der Waals surface area contributed by atoms with Crippen molar-refractivity contribution < 1.29 is 9.15 Å². The quantitative estimate of drug-likeness (QED) is 0.349. The summed E-state index contributed by atoms with van der Waals surface area (Å²) in [5, 5.41) is 2.19. The van der Waals surface area contributed by atoms with Gasteiger partial charge in [-0.1, -0.05) is 53.0 Å². The first kappa shape index (κ1) is 18.9. The van der Waals surface area contributed by atoms with Crippen LogP contribution < -0.4 is 10.2 Å². The van der Waals surface area contributed by atoms with Gasteiger partial charge >= 0.3 is 0 Å². The van der Waals surface area contributed by atoms with Crippen LogP contribution in [0.2, 0.25) is 15.1 Å². The van der Waals surface area contributed by atoms with Gasteiger partial charge in [0.15, 0.2) is 5.43 Å². The van der Waals surface area contributed by atoms with Crippen molar-refractivity contribution in [3.8, 4) is 16.9 Å². The third-order valence-electron chi connectivity index (χ3n) is 4.31. The van der Waals surface area contributed by atoms with E-state index in [9.17, 15) is 4.79 Å². The van der Waals surface area contributed by atoms with Gasteiger partial charge in [0, 0.05) is 26.7 Å². The Balaban J connectivity index is 1.62. The molecule has 0 fully saturated rings. The summed E-state index contributed by atoms with van der Waals surface area (Å²) in [5.74, 6) is 0.570. The van der Waals surface area contributed by atoms with Gasteiger partial charge in [-0.3, -0.25) is 4.79 Å². The average Bonchev–Trinajstić information content (AvgIpc) is 2.68. The Morgan fingerprint density at radius 3 is 2.36 bits per heavy atom. The van der Waals surface area contributed by atoms with Gasteiger partial charge in [-0.15, -0.1) is 0 Å². The van der Waals surface area contributed by atoms with Crippen LogP contribution in [-0.4, -0.2) is 0 Å². The first-order valence-electron chi connectivity index (χ1n) is 8.39. The van der Waals surface area contributed by atoms with Crippen molar-refractivity contribution in [3.63, 3.8) is 0 Å². The molecule has 4 rings (SSSR count). The summed E-state index contributed by atoms with van der Waals surface area (Å²) in [6, 6.07) is 17.4. The highest BCUT2D eigenvalue weighted by Crippen LogP contribution is 2.26. The molecule has 4 aromatic rings. The van der Waals surface area contributed by atoms with Crippen LogP contribution in [0.15, 0.2) is 76.1 Å². The molecule has 28 heavy (non-hydrogen) atoms. The topological polar surface area (TPSA) is 39.4 Å². The summed E-state index contributed by atoms with van der Waals surface area (Å²) in [5.41, 5.74) is 2.37. The smallest absolute Gasteiger partial charge is 0.200 e. The lowest BCUT2D eigenvalue weighted by molar-refractivity contribution is 0.306. The lowest BCUT2D eigenvalue weighted by Crippen LogP contribution is -2.05. The zero-order valence-corrected chi connectivity index (χ0v) is 16.7. The molecular formula is C22H13Cl3O3. The number of hydrogen-bond acceptors (Lipinski definition) is 3. The first-order chi connectivity index (χ1) is 13.5. The van der Waals surface area contributed by atoms with Crippen molar-refractivity contribution in [2.24, 2.45) is 0 Å². The second kappa shape index (κ2) is 7.88. The van der Waals surface area contributed by atoms with Gasteiger partial charge in [0.1, 0.15) is 24.2 Å². The fourth-order valence-corrected chi connectivity index (χ4v) is 3.42. The third kappa shape index (κ3) is 3.88. The van der Waals surface area contributed by atoms with Crippen LogP contribution in [-0.2, 0) is 6.61 Å². The molecule has 0 atom stereocenters. The minimum atomic E-state index is -0.115. The molecule has 0 bridgehead atoms. The number of rotatable bonds is 4. The van der Waals surface area contributed by atoms with Crippen LogP contribution in [0.4, 0.5) is 0 Å². The molecule has 0 aliphatic carbocycles. The van der Waals surface area contributed by atoms with Crippen molar-refractivity contribution in [3.05, 3.63) is 97.8 Å². The molecule has 3 nitrogen and oxygen atoms in total. The Hall–Kier alpha value is -2.46. The van der Waals surface area contributed by atoms with Crippen LogP contribution in [0.5, 0.6) is 5.75 Å². The van der Waals surface area contributed by atoms with Gasteiger partial charge < -0.3 is 9.15 Å². The number of fused-ring (bicyclic) bond motifs is 1. The molecule has 1 heterocycles. The molecule has 3 aromatic carbocycles. The van der Waals surface area contributed by atoms with E-state index in [2.05, 4.69) is 0 Å². The number of benzene rings is 3. The van der Waals surface area contributed by atoms with E-state index in [0.29, 0.717) is 37.4 Å². The molecule has 6 heteroatoms. The highest BCUT2D eigenvalue weighted by Gasteiger charge is 2.11. The molecule has 0 radical (unpaired) electrons. The van der Waals surface area contributed by atoms with Gasteiger partial charge in [0.2, 0.25) is 0 Å². The van der Waals surface area contributed by atoms with Crippen molar-refractivity contribution in [1.82, 2.24) is 0 Å². The standard InChI is InChI=1S/C22H13Cl3O3/c23-15-4-1-13(2-5-15)19-12-28-21-10-17(7-8-18(21)22(19)26)27-11-14-3-6-16(24)9-20(14)25/h1-10,12H,11H2. The second-order valence-corrected chi connectivity index (χ2v) is 7.45. The highest BCUT2D eigenvalue weighted by molar-refractivity contribution is 6.35. The molecular weight excluding hydrogens is 419 g/mol. The number of ether oxygens (including phenoxy) is 1. The normalized spacial score (nSPS) is 11.0. The molecule has 140 valence electrons. The second-order valence-electron chi connectivity index (χ2n) is 6.17. The number of hydrogen-bond donors (Lipinski definition) is 0. The van der Waals surface area contributed by atoms with Gasteiger partial charge in [0.25, 0.3) is 0 Å². The molecule has 0 amide bonds. The molecule has 0 aliphatic rings. The SMILES string of the molecule is O=c1c(-c2ccc(Cl)cc2)coc2cc(OCc3ccc(Cl)cc3Cl)ccc12. The van der Waals surface area contributed by atoms with Gasteiger partial charge in [-0.2, -0.15) is 0 Å². The molecule has 0 spiro atoms. The van der Waals surface area contributed by atoms with Crippen molar-refractivity contribution >= 4 is 45.8 Å². The molecule has 1 aromatic heterocycles. The summed E-state index contributed by atoms with van der Waals surface area (Å²) < 4.78 is 11.5. The zero-order chi connectivity index (χ0) is 19.7. The minimum Gasteiger partial charge on any atom is -0.489 e. The van der Waals surface area contributed by atoms with E-state index in [0.717, 1.165) is 11.1 Å². The van der Waals surface area contributed by atoms with Crippen LogP contribution in [0.1, 0.15) is 5.56 Å². The fourth-order valence-electron chi connectivity index (χ4n) is 2.83. The summed E-state index contributed by atoms with van der Waals surface area (Å²) in [4.78, 5) is 12.8. The lowest BCUT2D eigenvalue weighted by atomic mass is 10.1. The Labute approximate surface area is 176 Å². The zero-order valence-electron chi connectivity index (χ0n) is 14.4. The lowest BCUT2D eigenvalue weighted by Gasteiger charge is -2.09. The molecule has 0 unspecified atom stereocenters. The predicted molar refractivity (Wildman–Crippen MR) is 114 cm³/mol. The van der Waals surface area contributed by atoms with Gasteiger partial charge in [-0.25, -0.2) is 0 Å². The molecule has 0 saturated heterocycles. The molecule has 0 aliphatic heterocycles. The van der Waals surface area contributed by atoms with Crippen LogP contribution in [0.25, 0.3) is 22.1 Å². The predicted octanol–water partition coefficient (Wildman–Crippen LogP) is 7.00. The van der Waals surface area contributed by atoms with Crippen LogP contribution in [0, 0.1) is 0 Å². The molecule has 0 N–H and O–H groups in total. The van der Waals surface area contributed by atoms with E-state index in [-0.39, 0.29) is 12.0 Å². The maximum Gasteiger partial charge on any atom is 0.200 e. The van der Waals surface area contributed by atoms with Crippen molar-refractivity contribution in [2.75, 3.05) is 0 Å². The Bertz CT molecular complexity index is 1210. The van der Waals surface area contributed by atoms with Crippen molar-refractivity contribution in [2.45, 2.75) is 6.61 Å². The maximum atomic E-state index is 12.8. The van der Waals surface area contributed by atoms with Crippen LogP contribution in [0.3, 0.4) is 0 Å². The Morgan fingerprint density at radius 2 is 1.61 bits per heavy atom. The van der Waals surface area contributed by atoms with E-state index in [1.165, 1.54) is 6.26 Å². The van der Waals surface area contributed by atoms with Gasteiger partial charge in [0.05, 0.1) is 10.9 Å². The fraction of sp³-hybridized carbons (Fsp3) is 0.0455. The van der Waals surface area contributed by atoms with E-state index in [1.807, 2.05) is 6.07 Å². The Kier molecular flexibility index (Phi) is 5.31. The monoisotopic (exact) mass is 430 g/mol. The summed E-state index contributed by atoms with van der Waals surface area (Å²) in [6.45, 7) is 0.272. The van der Waals surface area contributed by atoms with Crippen molar-refractivity contribution in [1.29, 1.82) is 0 Å². The first-order valence-corrected chi connectivity index (χ1v) is 9.53. The number of halogens is 3. The maximum absolute atomic E-state index is 12.8. The third-order valence-corrected chi connectivity index (χ3v) is 5.15. The average molecular weight is 432 g/mol. The summed E-state index contributed by atoms with van der Waals surface area (Å²) in [6.07, 6.45) is 1.45.